The molecule has 2 rings (SSSR count). The number of aromatic nitrogens is 1. The lowest BCUT2D eigenvalue weighted by Gasteiger charge is -2.27. The highest BCUT2D eigenvalue weighted by Crippen LogP contribution is 2.21. The molecule has 1 fully saturated rings. The first kappa shape index (κ1) is 9.99. The third-order valence-corrected chi connectivity index (χ3v) is 3.24. The molecule has 0 amide bonds. The molecule has 76 valence electrons. The fraction of sp³-hybridized carbons (Fsp3) is 0.545. The molecule has 0 radical (unpaired) electrons. The molecule has 2 heterocycles. The maximum absolute atomic E-state index is 4.35. The highest BCUT2D eigenvalue weighted by Gasteiger charge is 2.17. The SMILES string of the molecule is SN1CCC(Cc2cccnc2)CC1. The molecule has 1 aromatic heterocycles. The molecule has 0 unspecified atom stereocenters. The monoisotopic (exact) mass is 208 g/mol. The van der Waals surface area contributed by atoms with Gasteiger partial charge >= 0.3 is 0 Å². The van der Waals surface area contributed by atoms with Crippen LogP contribution in [0, 0.1) is 5.92 Å². The van der Waals surface area contributed by atoms with E-state index in [1.165, 1.54) is 24.8 Å². The average Bonchev–Trinajstić information content (AvgIpc) is 2.23. The van der Waals surface area contributed by atoms with Gasteiger partial charge in [0.15, 0.2) is 0 Å². The summed E-state index contributed by atoms with van der Waals surface area (Å²) < 4.78 is 2.11. The third kappa shape index (κ3) is 2.72. The van der Waals surface area contributed by atoms with Crippen molar-refractivity contribution in [2.75, 3.05) is 13.1 Å². The van der Waals surface area contributed by atoms with Gasteiger partial charge in [-0.15, -0.1) is 0 Å². The van der Waals surface area contributed by atoms with E-state index in [0.29, 0.717) is 0 Å². The van der Waals surface area contributed by atoms with E-state index >= 15 is 0 Å². The Balaban J connectivity index is 1.87. The average molecular weight is 208 g/mol. The standard InChI is InChI=1S/C11H16N2S/c14-13-6-3-10(4-7-13)8-11-2-1-5-12-9-11/h1-2,5,9-10,14H,3-4,6-8H2. The number of thiol groups is 1. The predicted octanol–water partition coefficient (Wildman–Crippen LogP) is 2.18. The van der Waals surface area contributed by atoms with Crippen LogP contribution in [0.3, 0.4) is 0 Å². The number of nitrogens with zero attached hydrogens (tertiary/aromatic N) is 2. The Labute approximate surface area is 90.9 Å². The topological polar surface area (TPSA) is 16.1 Å². The summed E-state index contributed by atoms with van der Waals surface area (Å²) >= 11 is 4.35. The van der Waals surface area contributed by atoms with Crippen molar-refractivity contribution in [1.82, 2.24) is 9.29 Å². The summed E-state index contributed by atoms with van der Waals surface area (Å²) in [6.07, 6.45) is 7.51. The Hall–Kier alpha value is -0.540. The molecule has 1 aromatic rings. The summed E-state index contributed by atoms with van der Waals surface area (Å²) in [6, 6.07) is 4.18. The summed E-state index contributed by atoms with van der Waals surface area (Å²) in [5.74, 6) is 0.822. The largest absolute Gasteiger partial charge is 0.264 e. The van der Waals surface area contributed by atoms with Gasteiger partial charge in [-0.25, -0.2) is 0 Å². The fourth-order valence-electron chi connectivity index (χ4n) is 1.98. The van der Waals surface area contributed by atoms with Crippen LogP contribution >= 0.6 is 12.8 Å². The smallest absolute Gasteiger partial charge is 0.0299 e. The van der Waals surface area contributed by atoms with Gasteiger partial charge < -0.3 is 0 Å². The summed E-state index contributed by atoms with van der Waals surface area (Å²) in [7, 11) is 0. The number of hydrogen-bond donors (Lipinski definition) is 1. The van der Waals surface area contributed by atoms with Crippen molar-refractivity contribution in [3.05, 3.63) is 30.1 Å². The van der Waals surface area contributed by atoms with Crippen molar-refractivity contribution in [3.8, 4) is 0 Å². The van der Waals surface area contributed by atoms with E-state index in [-0.39, 0.29) is 0 Å². The summed E-state index contributed by atoms with van der Waals surface area (Å²) in [4.78, 5) is 4.14. The van der Waals surface area contributed by atoms with E-state index in [1.807, 2.05) is 18.5 Å². The van der Waals surface area contributed by atoms with Crippen LogP contribution < -0.4 is 0 Å². The summed E-state index contributed by atoms with van der Waals surface area (Å²) in [5.41, 5.74) is 1.37. The molecule has 0 spiro atoms. The molecular formula is C11H16N2S. The minimum Gasteiger partial charge on any atom is -0.264 e. The molecule has 1 saturated heterocycles. The molecule has 1 aliphatic rings. The molecule has 0 bridgehead atoms. The summed E-state index contributed by atoms with van der Waals surface area (Å²) in [6.45, 7) is 2.24. The lowest BCUT2D eigenvalue weighted by atomic mass is 9.92. The Morgan fingerprint density at radius 2 is 2.21 bits per heavy atom. The summed E-state index contributed by atoms with van der Waals surface area (Å²) in [5, 5.41) is 0. The van der Waals surface area contributed by atoms with Gasteiger partial charge in [-0.1, -0.05) is 18.9 Å². The molecule has 1 aliphatic heterocycles. The van der Waals surface area contributed by atoms with Crippen molar-refractivity contribution in [1.29, 1.82) is 0 Å². The van der Waals surface area contributed by atoms with E-state index in [1.54, 1.807) is 0 Å². The highest BCUT2D eigenvalue weighted by atomic mass is 32.1. The molecule has 0 N–H and O–H groups in total. The van der Waals surface area contributed by atoms with Crippen molar-refractivity contribution in [2.24, 2.45) is 5.92 Å². The zero-order valence-corrected chi connectivity index (χ0v) is 9.16. The highest BCUT2D eigenvalue weighted by molar-refractivity contribution is 7.77. The molecule has 14 heavy (non-hydrogen) atoms. The molecule has 0 aromatic carbocycles. The van der Waals surface area contributed by atoms with Crippen molar-refractivity contribution < 1.29 is 0 Å². The second-order valence-electron chi connectivity index (χ2n) is 3.96. The normalized spacial score (nSPS) is 19.8. The van der Waals surface area contributed by atoms with Gasteiger partial charge in [0.1, 0.15) is 0 Å². The fourth-order valence-corrected chi connectivity index (χ4v) is 2.21. The van der Waals surface area contributed by atoms with Crippen molar-refractivity contribution in [2.45, 2.75) is 19.3 Å². The molecule has 2 nitrogen and oxygen atoms in total. The minimum absolute atomic E-state index is 0.822. The van der Waals surface area contributed by atoms with Gasteiger partial charge in [-0.2, -0.15) is 0 Å². The quantitative estimate of drug-likeness (QED) is 0.750. The Bertz CT molecular complexity index is 268. The van der Waals surface area contributed by atoms with E-state index in [4.69, 9.17) is 0 Å². The molecule has 0 atom stereocenters. The second-order valence-corrected chi connectivity index (χ2v) is 4.53. The zero-order chi connectivity index (χ0) is 9.80. The lowest BCUT2D eigenvalue weighted by Crippen LogP contribution is -2.27. The molecule has 0 aliphatic carbocycles. The maximum Gasteiger partial charge on any atom is 0.0299 e. The Morgan fingerprint density at radius 3 is 2.86 bits per heavy atom. The molecule has 3 heteroatoms. The van der Waals surface area contributed by atoms with Crippen LogP contribution in [0.5, 0.6) is 0 Å². The van der Waals surface area contributed by atoms with E-state index in [0.717, 1.165) is 19.0 Å². The van der Waals surface area contributed by atoms with E-state index in [2.05, 4.69) is 28.2 Å². The predicted molar refractivity (Wildman–Crippen MR) is 61.2 cm³/mol. The Kier molecular flexibility index (Phi) is 3.43. The third-order valence-electron chi connectivity index (χ3n) is 2.84. The van der Waals surface area contributed by atoms with Crippen LogP contribution in [0.1, 0.15) is 18.4 Å². The van der Waals surface area contributed by atoms with Crippen LogP contribution in [0.2, 0.25) is 0 Å². The first-order chi connectivity index (χ1) is 6.84. The number of pyridine rings is 1. The van der Waals surface area contributed by atoms with Crippen LogP contribution in [0.25, 0.3) is 0 Å². The van der Waals surface area contributed by atoms with Gasteiger partial charge in [0, 0.05) is 25.5 Å². The molecular weight excluding hydrogens is 192 g/mol. The van der Waals surface area contributed by atoms with E-state index < -0.39 is 0 Å². The lowest BCUT2D eigenvalue weighted by molar-refractivity contribution is 0.292. The second kappa shape index (κ2) is 4.80. The zero-order valence-electron chi connectivity index (χ0n) is 8.26. The van der Waals surface area contributed by atoms with Crippen LogP contribution in [0.4, 0.5) is 0 Å². The van der Waals surface area contributed by atoms with Crippen LogP contribution in [-0.2, 0) is 6.42 Å². The van der Waals surface area contributed by atoms with Crippen LogP contribution in [-0.4, -0.2) is 22.4 Å². The van der Waals surface area contributed by atoms with Crippen LogP contribution in [0.15, 0.2) is 24.5 Å². The van der Waals surface area contributed by atoms with Gasteiger partial charge in [0.05, 0.1) is 0 Å². The molecule has 0 saturated carbocycles. The number of hydrogen-bond acceptors (Lipinski definition) is 3. The first-order valence-corrected chi connectivity index (χ1v) is 5.57. The number of rotatable bonds is 2. The number of piperidine rings is 1. The van der Waals surface area contributed by atoms with Gasteiger partial charge in [0.25, 0.3) is 0 Å². The van der Waals surface area contributed by atoms with Gasteiger partial charge in [-0.3, -0.25) is 9.29 Å². The minimum atomic E-state index is 0.822. The Morgan fingerprint density at radius 1 is 1.43 bits per heavy atom. The van der Waals surface area contributed by atoms with Gasteiger partial charge in [0.2, 0.25) is 0 Å². The van der Waals surface area contributed by atoms with Crippen molar-refractivity contribution in [3.63, 3.8) is 0 Å². The van der Waals surface area contributed by atoms with Gasteiger partial charge in [-0.05, 0) is 36.8 Å². The van der Waals surface area contributed by atoms with E-state index in [9.17, 15) is 0 Å². The maximum atomic E-state index is 4.35. The van der Waals surface area contributed by atoms with Crippen molar-refractivity contribution >= 4 is 12.8 Å². The first-order valence-electron chi connectivity index (χ1n) is 5.17.